The minimum Gasteiger partial charge on any atom is -0.444 e. The molecule has 1 fully saturated rings. The number of hydrogen-bond acceptors (Lipinski definition) is 4. The van der Waals surface area contributed by atoms with Gasteiger partial charge in [-0.1, -0.05) is 0 Å². The Bertz CT molecular complexity index is 458. The molecule has 27 heavy (non-hydrogen) atoms. The molecule has 1 aliphatic rings. The van der Waals surface area contributed by atoms with Crippen LogP contribution in [-0.2, 0) is 4.74 Å². The van der Waals surface area contributed by atoms with Crippen LogP contribution in [0.4, 0.5) is 4.79 Å². The number of halogens is 1. The topological polar surface area (TPSA) is 78.0 Å². The SMILES string of the molecule is CCNC(=NCC(C)(C)NC(=O)OC(C)(C)C)NCCCN1CCCC1.I. The first-order valence-electron chi connectivity index (χ1n) is 9.87. The number of carbonyl (C=O) groups is 1. The summed E-state index contributed by atoms with van der Waals surface area (Å²) in [6.07, 6.45) is 3.35. The molecule has 0 atom stereocenters. The summed E-state index contributed by atoms with van der Waals surface area (Å²) < 4.78 is 5.32. The van der Waals surface area contributed by atoms with Gasteiger partial charge >= 0.3 is 6.09 Å². The van der Waals surface area contributed by atoms with E-state index in [0.29, 0.717) is 6.54 Å². The van der Waals surface area contributed by atoms with E-state index in [1.807, 2.05) is 41.5 Å². The Morgan fingerprint density at radius 1 is 1.11 bits per heavy atom. The Hall–Kier alpha value is -0.770. The van der Waals surface area contributed by atoms with Gasteiger partial charge in [0, 0.05) is 13.1 Å². The van der Waals surface area contributed by atoms with Gasteiger partial charge in [-0.15, -0.1) is 24.0 Å². The molecule has 0 spiro atoms. The number of rotatable bonds is 8. The predicted molar refractivity (Wildman–Crippen MR) is 123 cm³/mol. The third-order valence-corrected chi connectivity index (χ3v) is 3.96. The van der Waals surface area contributed by atoms with E-state index >= 15 is 0 Å². The van der Waals surface area contributed by atoms with E-state index in [1.54, 1.807) is 0 Å². The monoisotopic (exact) mass is 497 g/mol. The highest BCUT2D eigenvalue weighted by Crippen LogP contribution is 2.10. The van der Waals surface area contributed by atoms with Crippen LogP contribution in [0.2, 0.25) is 0 Å². The molecule has 1 saturated heterocycles. The Kier molecular flexibility index (Phi) is 12.3. The van der Waals surface area contributed by atoms with Crippen molar-refractivity contribution in [1.82, 2.24) is 20.9 Å². The number of alkyl carbamates (subject to hydrolysis) is 1. The van der Waals surface area contributed by atoms with Crippen molar-refractivity contribution in [3.63, 3.8) is 0 Å². The number of likely N-dealkylation sites (tertiary alicyclic amines) is 1. The second-order valence-electron chi connectivity index (χ2n) is 8.54. The molecule has 8 heteroatoms. The van der Waals surface area contributed by atoms with Crippen LogP contribution in [0.25, 0.3) is 0 Å². The number of ether oxygens (including phenoxy) is 1. The molecule has 1 aliphatic heterocycles. The number of hydrogen-bond donors (Lipinski definition) is 3. The van der Waals surface area contributed by atoms with E-state index in [1.165, 1.54) is 25.9 Å². The summed E-state index contributed by atoms with van der Waals surface area (Å²) in [6, 6.07) is 0. The lowest BCUT2D eigenvalue weighted by atomic mass is 10.1. The number of aliphatic imine (C=N–C) groups is 1. The second-order valence-corrected chi connectivity index (χ2v) is 8.54. The average Bonchev–Trinajstić information content (AvgIpc) is 2.99. The lowest BCUT2D eigenvalue weighted by Gasteiger charge is -2.27. The second kappa shape index (κ2) is 12.6. The van der Waals surface area contributed by atoms with E-state index in [0.717, 1.165) is 32.0 Å². The number of nitrogens with one attached hydrogen (secondary N) is 3. The molecule has 0 aromatic rings. The summed E-state index contributed by atoms with van der Waals surface area (Å²) >= 11 is 0. The van der Waals surface area contributed by atoms with E-state index in [4.69, 9.17) is 4.74 Å². The molecule has 1 heterocycles. The van der Waals surface area contributed by atoms with Crippen LogP contribution in [0, 0.1) is 0 Å². The quantitative estimate of drug-likeness (QED) is 0.208. The van der Waals surface area contributed by atoms with Crippen LogP contribution < -0.4 is 16.0 Å². The Morgan fingerprint density at radius 2 is 1.74 bits per heavy atom. The molecule has 1 rings (SSSR count). The smallest absolute Gasteiger partial charge is 0.408 e. The molecule has 0 saturated carbocycles. The zero-order valence-electron chi connectivity index (χ0n) is 18.0. The van der Waals surface area contributed by atoms with Crippen molar-refractivity contribution in [3.05, 3.63) is 0 Å². The zero-order chi connectivity index (χ0) is 19.6. The molecule has 1 amide bonds. The minimum absolute atomic E-state index is 0. The van der Waals surface area contributed by atoms with Gasteiger partial charge in [-0.3, -0.25) is 4.99 Å². The van der Waals surface area contributed by atoms with E-state index in [2.05, 4.69) is 25.8 Å². The van der Waals surface area contributed by atoms with Crippen molar-refractivity contribution in [2.75, 3.05) is 39.3 Å². The highest BCUT2D eigenvalue weighted by atomic mass is 127. The fourth-order valence-corrected chi connectivity index (χ4v) is 2.75. The molecule has 0 aliphatic carbocycles. The number of nitrogens with zero attached hydrogens (tertiary/aromatic N) is 2. The van der Waals surface area contributed by atoms with Gasteiger partial charge in [0.2, 0.25) is 0 Å². The van der Waals surface area contributed by atoms with Crippen molar-refractivity contribution < 1.29 is 9.53 Å². The maximum Gasteiger partial charge on any atom is 0.408 e. The first-order valence-corrected chi connectivity index (χ1v) is 9.87. The van der Waals surface area contributed by atoms with Crippen LogP contribution in [-0.4, -0.2) is 67.4 Å². The van der Waals surface area contributed by atoms with E-state index < -0.39 is 17.2 Å². The molecule has 3 N–H and O–H groups in total. The van der Waals surface area contributed by atoms with Gasteiger partial charge in [0.25, 0.3) is 0 Å². The Labute approximate surface area is 182 Å². The fourth-order valence-electron chi connectivity index (χ4n) is 2.75. The van der Waals surface area contributed by atoms with Gasteiger partial charge in [0.05, 0.1) is 12.1 Å². The fraction of sp³-hybridized carbons (Fsp3) is 0.895. The number of guanidine groups is 1. The maximum absolute atomic E-state index is 12.0. The molecule has 0 bridgehead atoms. The number of amides is 1. The summed E-state index contributed by atoms with van der Waals surface area (Å²) in [5, 5.41) is 9.52. The predicted octanol–water partition coefficient (Wildman–Crippen LogP) is 2.95. The largest absolute Gasteiger partial charge is 0.444 e. The summed E-state index contributed by atoms with van der Waals surface area (Å²) in [7, 11) is 0. The van der Waals surface area contributed by atoms with Crippen molar-refractivity contribution in [2.24, 2.45) is 4.99 Å². The van der Waals surface area contributed by atoms with Gasteiger partial charge in [-0.2, -0.15) is 0 Å². The molecule has 160 valence electrons. The molecule has 0 aromatic heterocycles. The van der Waals surface area contributed by atoms with Gasteiger partial charge in [-0.25, -0.2) is 4.79 Å². The van der Waals surface area contributed by atoms with Crippen LogP contribution in [0.5, 0.6) is 0 Å². The summed E-state index contributed by atoms with van der Waals surface area (Å²) in [5.41, 5.74) is -0.991. The van der Waals surface area contributed by atoms with Crippen molar-refractivity contribution in [3.8, 4) is 0 Å². The van der Waals surface area contributed by atoms with Gasteiger partial charge in [-0.05, 0) is 80.4 Å². The first kappa shape index (κ1) is 26.2. The molecular weight excluding hydrogens is 457 g/mol. The molecular formula is C19H40IN5O2. The third kappa shape index (κ3) is 13.1. The van der Waals surface area contributed by atoms with E-state index in [-0.39, 0.29) is 24.0 Å². The average molecular weight is 497 g/mol. The first-order chi connectivity index (χ1) is 12.1. The molecule has 0 unspecified atom stereocenters. The lowest BCUT2D eigenvalue weighted by Crippen LogP contribution is -2.49. The number of carbonyl (C=O) groups excluding carboxylic acids is 1. The van der Waals surface area contributed by atoms with Crippen LogP contribution >= 0.6 is 24.0 Å². The Balaban J connectivity index is 0.00000676. The Morgan fingerprint density at radius 3 is 2.30 bits per heavy atom. The maximum atomic E-state index is 12.0. The van der Waals surface area contributed by atoms with Gasteiger partial charge in [0.15, 0.2) is 5.96 Å². The minimum atomic E-state index is -0.505. The highest BCUT2D eigenvalue weighted by Gasteiger charge is 2.24. The van der Waals surface area contributed by atoms with Crippen molar-refractivity contribution >= 4 is 36.0 Å². The standard InChI is InChI=1S/C19H39N5O2.HI/c1-7-20-16(21-11-10-14-24-12-8-9-13-24)22-15-19(5,6)23-17(25)26-18(2,3)4;/h7-15H2,1-6H3,(H,23,25)(H2,20,21,22);1H. The normalized spacial score (nSPS) is 15.9. The summed E-state index contributed by atoms with van der Waals surface area (Å²) in [4.78, 5) is 19.1. The van der Waals surface area contributed by atoms with Gasteiger partial charge in [0.1, 0.15) is 5.60 Å². The summed E-state index contributed by atoms with van der Waals surface area (Å²) in [6.45, 7) is 17.3. The third-order valence-electron chi connectivity index (χ3n) is 3.96. The van der Waals surface area contributed by atoms with Gasteiger partial charge < -0.3 is 25.6 Å². The van der Waals surface area contributed by atoms with Crippen LogP contribution in [0.3, 0.4) is 0 Å². The summed E-state index contributed by atoms with van der Waals surface area (Å²) in [5.74, 6) is 0.785. The molecule has 0 radical (unpaired) electrons. The highest BCUT2D eigenvalue weighted by molar-refractivity contribution is 14.0. The van der Waals surface area contributed by atoms with E-state index in [9.17, 15) is 4.79 Å². The van der Waals surface area contributed by atoms with Crippen LogP contribution in [0.15, 0.2) is 4.99 Å². The van der Waals surface area contributed by atoms with Crippen molar-refractivity contribution in [1.29, 1.82) is 0 Å². The lowest BCUT2D eigenvalue weighted by molar-refractivity contribution is 0.0476. The molecule has 7 nitrogen and oxygen atoms in total. The van der Waals surface area contributed by atoms with Crippen LogP contribution in [0.1, 0.15) is 60.8 Å². The zero-order valence-corrected chi connectivity index (χ0v) is 20.3. The molecule has 0 aromatic carbocycles. The van der Waals surface area contributed by atoms with Crippen molar-refractivity contribution in [2.45, 2.75) is 71.9 Å².